The number of hydrogen-bond acceptors (Lipinski definition) is 4. The van der Waals surface area contributed by atoms with Crippen molar-refractivity contribution in [2.24, 2.45) is 0 Å². The first-order valence-electron chi connectivity index (χ1n) is 8.60. The Balaban J connectivity index is 1.67. The van der Waals surface area contributed by atoms with Crippen LogP contribution in [-0.2, 0) is 17.8 Å². The number of carbonyl (C=O) groups is 2. The molecule has 3 rings (SSSR count). The van der Waals surface area contributed by atoms with Crippen LogP contribution in [0, 0.1) is 6.92 Å². The van der Waals surface area contributed by atoms with Crippen LogP contribution in [0.25, 0.3) is 0 Å². The van der Waals surface area contributed by atoms with Gasteiger partial charge < -0.3 is 14.4 Å². The van der Waals surface area contributed by atoms with Crippen molar-refractivity contribution in [1.29, 1.82) is 0 Å². The molecule has 7 nitrogen and oxygen atoms in total. The minimum Gasteiger partial charge on any atom is -0.481 e. The minimum atomic E-state index is -1.00. The number of rotatable bonds is 5. The van der Waals surface area contributed by atoms with E-state index in [4.69, 9.17) is 9.52 Å². The topological polar surface area (TPSA) is 88.6 Å². The summed E-state index contributed by atoms with van der Waals surface area (Å²) in [7, 11) is 0. The summed E-state index contributed by atoms with van der Waals surface area (Å²) in [6.07, 6.45) is 6.93. The van der Waals surface area contributed by atoms with Gasteiger partial charge in [-0.05, 0) is 38.2 Å². The number of piperidine rings is 1. The molecule has 0 aromatic carbocycles. The second-order valence-electron chi connectivity index (χ2n) is 6.48. The van der Waals surface area contributed by atoms with Gasteiger partial charge in [0.2, 0.25) is 0 Å². The van der Waals surface area contributed by atoms with E-state index in [1.807, 2.05) is 10.9 Å². The van der Waals surface area contributed by atoms with Gasteiger partial charge in [0, 0.05) is 31.4 Å². The molecular weight excluding hydrogens is 322 g/mol. The molecule has 1 fully saturated rings. The fourth-order valence-electron chi connectivity index (χ4n) is 3.39. The van der Waals surface area contributed by atoms with E-state index in [0.29, 0.717) is 30.1 Å². The average Bonchev–Trinajstić information content (AvgIpc) is 3.21. The van der Waals surface area contributed by atoms with Gasteiger partial charge in [0.15, 0.2) is 0 Å². The molecule has 2 aromatic heterocycles. The summed E-state index contributed by atoms with van der Waals surface area (Å²) in [5.41, 5.74) is 2.31. The van der Waals surface area contributed by atoms with Gasteiger partial charge in [-0.2, -0.15) is 5.10 Å². The van der Waals surface area contributed by atoms with E-state index in [-0.39, 0.29) is 18.1 Å². The SMILES string of the molecule is CCn1cc(C2CCN(C(=O)c3c(C)coc3CC(=O)O)CC2)cn1. The van der Waals surface area contributed by atoms with E-state index in [1.165, 1.54) is 11.8 Å². The van der Waals surface area contributed by atoms with E-state index >= 15 is 0 Å². The van der Waals surface area contributed by atoms with Crippen molar-refractivity contribution >= 4 is 11.9 Å². The molecule has 0 aliphatic carbocycles. The molecule has 0 atom stereocenters. The lowest BCUT2D eigenvalue weighted by atomic mass is 9.91. The number of carboxylic acids is 1. The Hall–Kier alpha value is -2.57. The van der Waals surface area contributed by atoms with Crippen LogP contribution in [0.5, 0.6) is 0 Å². The molecule has 1 aliphatic heterocycles. The monoisotopic (exact) mass is 345 g/mol. The number of nitrogens with zero attached hydrogens (tertiary/aromatic N) is 3. The maximum atomic E-state index is 12.8. The van der Waals surface area contributed by atoms with Gasteiger partial charge in [-0.1, -0.05) is 0 Å². The number of hydrogen-bond donors (Lipinski definition) is 1. The third-order valence-corrected chi connectivity index (χ3v) is 4.81. The molecule has 1 amide bonds. The predicted octanol–water partition coefficient (Wildman–Crippen LogP) is 2.45. The smallest absolute Gasteiger partial charge is 0.311 e. The maximum absolute atomic E-state index is 12.8. The van der Waals surface area contributed by atoms with Crippen molar-refractivity contribution in [3.8, 4) is 0 Å². The summed E-state index contributed by atoms with van der Waals surface area (Å²) in [5.74, 6) is -0.491. The molecule has 1 saturated heterocycles. The summed E-state index contributed by atoms with van der Waals surface area (Å²) in [6, 6.07) is 0. The van der Waals surface area contributed by atoms with Gasteiger partial charge in [0.05, 0.1) is 18.0 Å². The van der Waals surface area contributed by atoms with E-state index < -0.39 is 5.97 Å². The number of carboxylic acid groups (broad SMARTS) is 1. The molecule has 0 saturated carbocycles. The van der Waals surface area contributed by atoms with Gasteiger partial charge >= 0.3 is 5.97 Å². The summed E-state index contributed by atoms with van der Waals surface area (Å²) < 4.78 is 7.20. The molecule has 0 radical (unpaired) electrons. The second kappa shape index (κ2) is 7.13. The quantitative estimate of drug-likeness (QED) is 0.899. The third kappa shape index (κ3) is 3.60. The average molecular weight is 345 g/mol. The first-order chi connectivity index (χ1) is 12.0. The molecule has 7 heteroatoms. The maximum Gasteiger partial charge on any atom is 0.311 e. The van der Waals surface area contributed by atoms with Crippen molar-refractivity contribution in [3.63, 3.8) is 0 Å². The lowest BCUT2D eigenvalue weighted by molar-refractivity contribution is -0.136. The summed E-state index contributed by atoms with van der Waals surface area (Å²) in [6.45, 7) is 5.98. The van der Waals surface area contributed by atoms with E-state index in [0.717, 1.165) is 19.4 Å². The van der Waals surface area contributed by atoms with Crippen LogP contribution in [0.2, 0.25) is 0 Å². The van der Waals surface area contributed by atoms with Crippen molar-refractivity contribution in [3.05, 3.63) is 41.1 Å². The van der Waals surface area contributed by atoms with Crippen LogP contribution in [-0.4, -0.2) is 44.8 Å². The Morgan fingerprint density at radius 2 is 2.08 bits per heavy atom. The molecule has 2 aromatic rings. The molecule has 0 unspecified atom stereocenters. The molecule has 0 bridgehead atoms. The third-order valence-electron chi connectivity index (χ3n) is 4.81. The Morgan fingerprint density at radius 1 is 1.36 bits per heavy atom. The zero-order valence-electron chi connectivity index (χ0n) is 14.6. The highest BCUT2D eigenvalue weighted by atomic mass is 16.4. The number of aryl methyl sites for hydroxylation is 2. The Morgan fingerprint density at radius 3 is 2.68 bits per heavy atom. The largest absolute Gasteiger partial charge is 0.481 e. The van der Waals surface area contributed by atoms with E-state index in [1.54, 1.807) is 11.8 Å². The van der Waals surface area contributed by atoms with Crippen LogP contribution < -0.4 is 0 Å². The Labute approximate surface area is 146 Å². The molecular formula is C18H23N3O4. The van der Waals surface area contributed by atoms with E-state index in [9.17, 15) is 9.59 Å². The Kier molecular flexibility index (Phi) is 4.92. The highest BCUT2D eigenvalue weighted by molar-refractivity contribution is 5.97. The zero-order chi connectivity index (χ0) is 18.0. The molecule has 0 spiro atoms. The highest BCUT2D eigenvalue weighted by Crippen LogP contribution is 2.29. The normalized spacial score (nSPS) is 15.5. The number of amides is 1. The second-order valence-corrected chi connectivity index (χ2v) is 6.48. The van der Waals surface area contributed by atoms with E-state index in [2.05, 4.69) is 18.2 Å². The number of carbonyl (C=O) groups excluding carboxylic acids is 1. The van der Waals surface area contributed by atoms with Crippen molar-refractivity contribution in [1.82, 2.24) is 14.7 Å². The van der Waals surface area contributed by atoms with Crippen molar-refractivity contribution in [2.45, 2.75) is 45.6 Å². The van der Waals surface area contributed by atoms with Crippen LogP contribution in [0.4, 0.5) is 0 Å². The summed E-state index contributed by atoms with van der Waals surface area (Å²) in [5, 5.41) is 13.3. The van der Waals surface area contributed by atoms with Crippen LogP contribution in [0.1, 0.15) is 52.9 Å². The first kappa shape index (κ1) is 17.3. The van der Waals surface area contributed by atoms with Crippen LogP contribution in [0.15, 0.2) is 23.1 Å². The molecule has 1 N–H and O–H groups in total. The fourth-order valence-corrected chi connectivity index (χ4v) is 3.39. The summed E-state index contributed by atoms with van der Waals surface area (Å²) in [4.78, 5) is 25.6. The van der Waals surface area contributed by atoms with Gasteiger partial charge in [0.1, 0.15) is 12.2 Å². The van der Waals surface area contributed by atoms with Crippen molar-refractivity contribution < 1.29 is 19.1 Å². The van der Waals surface area contributed by atoms with Gasteiger partial charge in [-0.15, -0.1) is 0 Å². The van der Waals surface area contributed by atoms with Crippen LogP contribution >= 0.6 is 0 Å². The molecule has 134 valence electrons. The lowest BCUT2D eigenvalue weighted by Crippen LogP contribution is -2.38. The first-order valence-corrected chi connectivity index (χ1v) is 8.60. The molecule has 3 heterocycles. The lowest BCUT2D eigenvalue weighted by Gasteiger charge is -2.31. The minimum absolute atomic E-state index is 0.134. The fraction of sp³-hybridized carbons (Fsp3) is 0.500. The van der Waals surface area contributed by atoms with Gasteiger partial charge in [-0.25, -0.2) is 0 Å². The van der Waals surface area contributed by atoms with Gasteiger partial charge in [0.25, 0.3) is 5.91 Å². The number of aromatic nitrogens is 2. The highest BCUT2D eigenvalue weighted by Gasteiger charge is 2.29. The zero-order valence-corrected chi connectivity index (χ0v) is 14.6. The van der Waals surface area contributed by atoms with Crippen molar-refractivity contribution in [2.75, 3.05) is 13.1 Å². The Bertz CT molecular complexity index is 769. The number of aliphatic carboxylic acids is 1. The summed E-state index contributed by atoms with van der Waals surface area (Å²) >= 11 is 0. The molecule has 25 heavy (non-hydrogen) atoms. The number of furan rings is 1. The predicted molar refractivity (Wildman–Crippen MR) is 90.6 cm³/mol. The molecule has 1 aliphatic rings. The number of likely N-dealkylation sites (tertiary alicyclic amines) is 1. The standard InChI is InChI=1S/C18H23N3O4/c1-3-21-10-14(9-19-21)13-4-6-20(7-5-13)18(24)17-12(2)11-25-15(17)8-16(22)23/h9-11,13H,3-8H2,1-2H3,(H,22,23). The van der Waals surface area contributed by atoms with Gasteiger partial charge in [-0.3, -0.25) is 14.3 Å². The van der Waals surface area contributed by atoms with Crippen LogP contribution in [0.3, 0.4) is 0 Å².